The fraction of sp³-hybridized carbons (Fsp3) is 0.333. The summed E-state index contributed by atoms with van der Waals surface area (Å²) in [6.07, 6.45) is 0.775. The fourth-order valence-corrected chi connectivity index (χ4v) is 1.63. The topological polar surface area (TPSA) is 51.8 Å². The number of hydrogen-bond donors (Lipinski definition) is 1. The molecule has 0 aliphatic carbocycles. The number of anilines is 1. The van der Waals surface area contributed by atoms with Crippen molar-refractivity contribution in [3.8, 4) is 0 Å². The molecule has 0 radical (unpaired) electrons. The lowest BCUT2D eigenvalue weighted by atomic mass is 10.1. The molecule has 1 aromatic heterocycles. The number of fused-ring (bicyclic) bond motifs is 1. The molecule has 0 amide bonds. The molecule has 2 aromatic rings. The predicted molar refractivity (Wildman–Crippen MR) is 62.5 cm³/mol. The molecule has 84 valence electrons. The number of aromatic nitrogens is 2. The monoisotopic (exact) mass is 219 g/mol. The summed E-state index contributed by atoms with van der Waals surface area (Å²) < 4.78 is 13.0. The van der Waals surface area contributed by atoms with Crippen molar-refractivity contribution in [1.82, 2.24) is 9.97 Å². The highest BCUT2D eigenvalue weighted by Crippen LogP contribution is 2.19. The molecule has 3 nitrogen and oxygen atoms in total. The maximum atomic E-state index is 13.0. The van der Waals surface area contributed by atoms with Gasteiger partial charge in [-0.3, -0.25) is 0 Å². The van der Waals surface area contributed by atoms with Gasteiger partial charge in [0.05, 0.1) is 5.52 Å². The molecule has 0 atom stereocenters. The van der Waals surface area contributed by atoms with Crippen LogP contribution in [0.1, 0.15) is 19.7 Å². The van der Waals surface area contributed by atoms with Crippen LogP contribution in [0, 0.1) is 11.7 Å². The van der Waals surface area contributed by atoms with Gasteiger partial charge >= 0.3 is 0 Å². The standard InChI is InChI=1S/C12H14FN3/c1-7(2)5-11-15-10-4-3-8(13)6-9(10)12(14)16-11/h3-4,6-7H,5H2,1-2H3,(H2,14,15,16). The third kappa shape index (κ3) is 2.10. The van der Waals surface area contributed by atoms with E-state index in [9.17, 15) is 4.39 Å². The number of benzene rings is 1. The minimum absolute atomic E-state index is 0.320. The Hall–Kier alpha value is -1.71. The molecule has 1 aromatic carbocycles. The second-order valence-corrected chi connectivity index (χ2v) is 4.28. The molecule has 0 unspecified atom stereocenters. The molecule has 0 saturated carbocycles. The summed E-state index contributed by atoms with van der Waals surface area (Å²) in [6.45, 7) is 4.18. The van der Waals surface area contributed by atoms with Crippen molar-refractivity contribution in [3.63, 3.8) is 0 Å². The van der Waals surface area contributed by atoms with Gasteiger partial charge < -0.3 is 5.73 Å². The highest BCUT2D eigenvalue weighted by molar-refractivity contribution is 5.87. The van der Waals surface area contributed by atoms with Gasteiger partial charge in [0.1, 0.15) is 17.5 Å². The van der Waals surface area contributed by atoms with Gasteiger partial charge in [-0.15, -0.1) is 0 Å². The molecule has 0 fully saturated rings. The largest absolute Gasteiger partial charge is 0.383 e. The number of nitrogen functional groups attached to an aromatic ring is 1. The lowest BCUT2D eigenvalue weighted by Gasteiger charge is -2.07. The van der Waals surface area contributed by atoms with Crippen molar-refractivity contribution < 1.29 is 4.39 Å². The molecule has 0 aliphatic heterocycles. The summed E-state index contributed by atoms with van der Waals surface area (Å²) in [4.78, 5) is 8.54. The minimum atomic E-state index is -0.320. The van der Waals surface area contributed by atoms with E-state index in [1.165, 1.54) is 12.1 Å². The van der Waals surface area contributed by atoms with Crippen LogP contribution in [0.25, 0.3) is 10.9 Å². The Bertz CT molecular complexity index is 523. The zero-order valence-corrected chi connectivity index (χ0v) is 9.37. The van der Waals surface area contributed by atoms with Crippen molar-refractivity contribution in [3.05, 3.63) is 29.8 Å². The predicted octanol–water partition coefficient (Wildman–Crippen LogP) is 2.55. The average molecular weight is 219 g/mol. The van der Waals surface area contributed by atoms with Crippen molar-refractivity contribution in [2.45, 2.75) is 20.3 Å². The third-order valence-electron chi connectivity index (χ3n) is 2.32. The average Bonchev–Trinajstić information content (AvgIpc) is 2.18. The number of halogens is 1. The molecular formula is C12H14FN3. The van der Waals surface area contributed by atoms with E-state index in [1.54, 1.807) is 6.07 Å². The normalized spacial score (nSPS) is 11.2. The van der Waals surface area contributed by atoms with E-state index in [2.05, 4.69) is 23.8 Å². The van der Waals surface area contributed by atoms with Crippen molar-refractivity contribution in [2.75, 3.05) is 5.73 Å². The summed E-state index contributed by atoms with van der Waals surface area (Å²) in [5, 5.41) is 0.576. The van der Waals surface area contributed by atoms with Crippen LogP contribution in [0.4, 0.5) is 10.2 Å². The number of nitrogens with zero attached hydrogens (tertiary/aromatic N) is 2. The highest BCUT2D eigenvalue weighted by Gasteiger charge is 2.07. The van der Waals surface area contributed by atoms with Gasteiger partial charge in [0.2, 0.25) is 0 Å². The molecule has 0 spiro atoms. The smallest absolute Gasteiger partial charge is 0.135 e. The van der Waals surface area contributed by atoms with Crippen LogP contribution in [0.5, 0.6) is 0 Å². The molecule has 2 N–H and O–H groups in total. The van der Waals surface area contributed by atoms with Crippen LogP contribution in [0.3, 0.4) is 0 Å². The summed E-state index contributed by atoms with van der Waals surface area (Å²) in [6, 6.07) is 4.38. The van der Waals surface area contributed by atoms with Crippen LogP contribution in [0.15, 0.2) is 18.2 Å². The van der Waals surface area contributed by atoms with Crippen LogP contribution >= 0.6 is 0 Å². The second-order valence-electron chi connectivity index (χ2n) is 4.28. The van der Waals surface area contributed by atoms with Gasteiger partial charge in [-0.1, -0.05) is 13.8 Å². The molecular weight excluding hydrogens is 205 g/mol. The maximum Gasteiger partial charge on any atom is 0.135 e. The summed E-state index contributed by atoms with van der Waals surface area (Å²) >= 11 is 0. The summed E-state index contributed by atoms with van der Waals surface area (Å²) in [5.41, 5.74) is 6.48. The highest BCUT2D eigenvalue weighted by atomic mass is 19.1. The third-order valence-corrected chi connectivity index (χ3v) is 2.32. The van der Waals surface area contributed by atoms with E-state index in [0.29, 0.717) is 28.5 Å². The van der Waals surface area contributed by atoms with Crippen molar-refractivity contribution >= 4 is 16.7 Å². The molecule has 4 heteroatoms. The Balaban J connectivity index is 2.55. The number of hydrogen-bond acceptors (Lipinski definition) is 3. The van der Waals surface area contributed by atoms with E-state index in [-0.39, 0.29) is 5.82 Å². The van der Waals surface area contributed by atoms with Crippen LogP contribution < -0.4 is 5.73 Å². The van der Waals surface area contributed by atoms with E-state index in [1.807, 2.05) is 0 Å². The molecule has 0 saturated heterocycles. The maximum absolute atomic E-state index is 13.0. The van der Waals surface area contributed by atoms with Crippen LogP contribution in [-0.2, 0) is 6.42 Å². The molecule has 2 rings (SSSR count). The Morgan fingerprint density at radius 3 is 2.75 bits per heavy atom. The molecule has 0 bridgehead atoms. The van der Waals surface area contributed by atoms with E-state index >= 15 is 0 Å². The first-order valence-corrected chi connectivity index (χ1v) is 5.28. The Labute approximate surface area is 93.5 Å². The second kappa shape index (κ2) is 4.04. The summed E-state index contributed by atoms with van der Waals surface area (Å²) in [7, 11) is 0. The minimum Gasteiger partial charge on any atom is -0.383 e. The van der Waals surface area contributed by atoms with Crippen molar-refractivity contribution in [1.29, 1.82) is 0 Å². The lowest BCUT2D eigenvalue weighted by molar-refractivity contribution is 0.621. The van der Waals surface area contributed by atoms with Gasteiger partial charge in [-0.2, -0.15) is 0 Å². The first kappa shape index (κ1) is 10.8. The Morgan fingerprint density at radius 2 is 2.06 bits per heavy atom. The van der Waals surface area contributed by atoms with Gasteiger partial charge in [0, 0.05) is 11.8 Å². The van der Waals surface area contributed by atoms with E-state index in [0.717, 1.165) is 6.42 Å². The van der Waals surface area contributed by atoms with Crippen molar-refractivity contribution in [2.24, 2.45) is 5.92 Å². The van der Waals surface area contributed by atoms with E-state index in [4.69, 9.17) is 5.73 Å². The van der Waals surface area contributed by atoms with E-state index < -0.39 is 0 Å². The lowest BCUT2D eigenvalue weighted by Crippen LogP contribution is -2.04. The fourth-order valence-electron chi connectivity index (χ4n) is 1.63. The first-order valence-electron chi connectivity index (χ1n) is 5.28. The number of rotatable bonds is 2. The SMILES string of the molecule is CC(C)Cc1nc(N)c2cc(F)ccc2n1. The van der Waals surface area contributed by atoms with Crippen LogP contribution in [-0.4, -0.2) is 9.97 Å². The molecule has 16 heavy (non-hydrogen) atoms. The summed E-state index contributed by atoms with van der Waals surface area (Å²) in [5.74, 6) is 1.21. The van der Waals surface area contributed by atoms with Gasteiger partial charge in [0.15, 0.2) is 0 Å². The molecule has 0 aliphatic rings. The van der Waals surface area contributed by atoms with Gasteiger partial charge in [0.25, 0.3) is 0 Å². The zero-order chi connectivity index (χ0) is 11.7. The first-order chi connectivity index (χ1) is 7.56. The number of nitrogens with two attached hydrogens (primary N) is 1. The quantitative estimate of drug-likeness (QED) is 0.844. The van der Waals surface area contributed by atoms with Gasteiger partial charge in [-0.05, 0) is 24.1 Å². The van der Waals surface area contributed by atoms with Crippen LogP contribution in [0.2, 0.25) is 0 Å². The Morgan fingerprint density at radius 1 is 1.31 bits per heavy atom. The Kier molecular flexibility index (Phi) is 2.73. The van der Waals surface area contributed by atoms with Gasteiger partial charge in [-0.25, -0.2) is 14.4 Å². The molecule has 1 heterocycles. The zero-order valence-electron chi connectivity index (χ0n) is 9.37.